The first-order chi connectivity index (χ1) is 8.72. The van der Waals surface area contributed by atoms with Crippen molar-refractivity contribution in [3.63, 3.8) is 0 Å². The van der Waals surface area contributed by atoms with Crippen LogP contribution in [0, 0.1) is 0 Å². The Hall–Kier alpha value is -0.810. The Bertz CT molecular complexity index is 510. The van der Waals surface area contributed by atoms with Crippen molar-refractivity contribution in [3.05, 3.63) is 34.4 Å². The van der Waals surface area contributed by atoms with E-state index in [4.69, 9.17) is 27.9 Å². The number of hydrogen-bond acceptors (Lipinski definition) is 4. The summed E-state index contributed by atoms with van der Waals surface area (Å²) >= 11 is 13.8. The fourth-order valence-corrected chi connectivity index (χ4v) is 3.09. The summed E-state index contributed by atoms with van der Waals surface area (Å²) in [5, 5.41) is 5.27. The van der Waals surface area contributed by atoms with Crippen LogP contribution in [0.4, 0.5) is 5.13 Å². The smallest absolute Gasteiger partial charge is 0.183 e. The average molecular weight is 303 g/mol. The number of anilines is 1. The minimum Gasteiger partial charge on any atom is -0.383 e. The molecule has 0 saturated carbocycles. The van der Waals surface area contributed by atoms with Gasteiger partial charge < -0.3 is 10.1 Å². The zero-order valence-electron chi connectivity index (χ0n) is 9.74. The lowest BCUT2D eigenvalue weighted by atomic mass is 10.2. The number of thiazole rings is 1. The molecule has 3 nitrogen and oxygen atoms in total. The third-order valence-electron chi connectivity index (χ3n) is 2.30. The van der Waals surface area contributed by atoms with Gasteiger partial charge in [-0.15, -0.1) is 0 Å². The molecule has 0 unspecified atom stereocenters. The van der Waals surface area contributed by atoms with Crippen molar-refractivity contribution in [2.45, 2.75) is 0 Å². The summed E-state index contributed by atoms with van der Waals surface area (Å²) < 4.78 is 4.97. The van der Waals surface area contributed by atoms with Gasteiger partial charge in [0.1, 0.15) is 0 Å². The van der Waals surface area contributed by atoms with Crippen LogP contribution in [0.15, 0.2) is 24.4 Å². The zero-order chi connectivity index (χ0) is 13.0. The van der Waals surface area contributed by atoms with Gasteiger partial charge in [0.25, 0.3) is 0 Å². The lowest BCUT2D eigenvalue weighted by Crippen LogP contribution is -2.06. The molecule has 18 heavy (non-hydrogen) atoms. The van der Waals surface area contributed by atoms with Crippen LogP contribution in [0.5, 0.6) is 0 Å². The topological polar surface area (TPSA) is 34.1 Å². The molecule has 0 bridgehead atoms. The van der Waals surface area contributed by atoms with Crippen LogP contribution in [0.25, 0.3) is 10.4 Å². The molecule has 2 rings (SSSR count). The highest BCUT2D eigenvalue weighted by Gasteiger charge is 2.11. The Morgan fingerprint density at radius 3 is 2.72 bits per heavy atom. The van der Waals surface area contributed by atoms with Gasteiger partial charge >= 0.3 is 0 Å². The van der Waals surface area contributed by atoms with Gasteiger partial charge in [0.15, 0.2) is 5.13 Å². The second-order valence-electron chi connectivity index (χ2n) is 3.55. The molecule has 0 aliphatic carbocycles. The summed E-state index contributed by atoms with van der Waals surface area (Å²) in [5.41, 5.74) is 0.832. The number of nitrogens with one attached hydrogen (secondary N) is 1. The van der Waals surface area contributed by atoms with Crippen molar-refractivity contribution in [1.82, 2.24) is 4.98 Å². The highest BCUT2D eigenvalue weighted by molar-refractivity contribution is 7.19. The molecule has 0 aliphatic rings. The predicted molar refractivity (Wildman–Crippen MR) is 77.9 cm³/mol. The van der Waals surface area contributed by atoms with E-state index in [0.29, 0.717) is 16.7 Å². The Morgan fingerprint density at radius 2 is 2.06 bits per heavy atom. The maximum Gasteiger partial charge on any atom is 0.183 e. The van der Waals surface area contributed by atoms with Crippen LogP contribution in [0.2, 0.25) is 10.0 Å². The van der Waals surface area contributed by atoms with Crippen molar-refractivity contribution in [1.29, 1.82) is 0 Å². The minimum absolute atomic E-state index is 0.634. The van der Waals surface area contributed by atoms with Gasteiger partial charge in [-0.2, -0.15) is 0 Å². The molecule has 0 atom stereocenters. The summed E-state index contributed by atoms with van der Waals surface area (Å²) in [5.74, 6) is 0. The maximum absolute atomic E-state index is 6.15. The molecule has 0 amide bonds. The number of methoxy groups -OCH3 is 1. The number of benzene rings is 1. The summed E-state index contributed by atoms with van der Waals surface area (Å²) in [4.78, 5) is 5.23. The average Bonchev–Trinajstić information content (AvgIpc) is 2.78. The maximum atomic E-state index is 6.15. The van der Waals surface area contributed by atoms with Gasteiger partial charge in [-0.1, -0.05) is 40.6 Å². The van der Waals surface area contributed by atoms with Crippen LogP contribution in [-0.4, -0.2) is 25.2 Å². The quantitative estimate of drug-likeness (QED) is 0.842. The van der Waals surface area contributed by atoms with E-state index in [0.717, 1.165) is 22.1 Å². The number of halogens is 2. The molecule has 96 valence electrons. The normalized spacial score (nSPS) is 10.6. The first-order valence-electron chi connectivity index (χ1n) is 5.35. The molecule has 0 spiro atoms. The van der Waals surface area contributed by atoms with Crippen molar-refractivity contribution < 1.29 is 4.74 Å². The highest BCUT2D eigenvalue weighted by Crippen LogP contribution is 2.38. The van der Waals surface area contributed by atoms with Crippen LogP contribution >= 0.6 is 34.5 Å². The van der Waals surface area contributed by atoms with Gasteiger partial charge in [0.2, 0.25) is 0 Å². The number of nitrogens with zero attached hydrogens (tertiary/aromatic N) is 1. The fraction of sp³-hybridized carbons (Fsp3) is 0.250. The van der Waals surface area contributed by atoms with Gasteiger partial charge in [0.05, 0.1) is 21.5 Å². The third kappa shape index (κ3) is 3.14. The standard InChI is InChI=1S/C12H12Cl2N2OS/c1-17-6-5-15-12-16-7-10(18-12)11-8(13)3-2-4-9(11)14/h2-4,7H,5-6H2,1H3,(H,15,16). The molecular weight excluding hydrogens is 291 g/mol. The molecule has 1 aromatic heterocycles. The number of aromatic nitrogens is 1. The molecule has 1 aromatic carbocycles. The van der Waals surface area contributed by atoms with E-state index in [9.17, 15) is 0 Å². The Morgan fingerprint density at radius 1 is 1.33 bits per heavy atom. The number of rotatable bonds is 5. The molecule has 1 N–H and O–H groups in total. The molecule has 6 heteroatoms. The summed E-state index contributed by atoms with van der Waals surface area (Å²) in [6, 6.07) is 5.47. The largest absolute Gasteiger partial charge is 0.383 e. The van der Waals surface area contributed by atoms with E-state index in [-0.39, 0.29) is 0 Å². The Labute approximate surface area is 120 Å². The molecule has 0 fully saturated rings. The van der Waals surface area contributed by atoms with Gasteiger partial charge in [0, 0.05) is 25.4 Å². The van der Waals surface area contributed by atoms with Crippen molar-refractivity contribution in [2.75, 3.05) is 25.6 Å². The molecule has 2 aromatic rings. The Kier molecular flexibility index (Phi) is 4.83. The van der Waals surface area contributed by atoms with Crippen molar-refractivity contribution in [3.8, 4) is 10.4 Å². The highest BCUT2D eigenvalue weighted by atomic mass is 35.5. The van der Waals surface area contributed by atoms with Gasteiger partial charge in [-0.3, -0.25) is 0 Å². The first kappa shape index (κ1) is 13.6. The summed E-state index contributed by atoms with van der Waals surface area (Å²) in [7, 11) is 1.67. The van der Waals surface area contributed by atoms with Crippen LogP contribution in [0.3, 0.4) is 0 Å². The van der Waals surface area contributed by atoms with E-state index >= 15 is 0 Å². The second kappa shape index (κ2) is 6.38. The van der Waals surface area contributed by atoms with E-state index in [1.54, 1.807) is 13.3 Å². The fourth-order valence-electron chi connectivity index (χ4n) is 1.46. The monoisotopic (exact) mass is 302 g/mol. The van der Waals surface area contributed by atoms with Gasteiger partial charge in [-0.25, -0.2) is 4.98 Å². The molecule has 0 radical (unpaired) electrons. The van der Waals surface area contributed by atoms with Crippen molar-refractivity contribution in [2.24, 2.45) is 0 Å². The Balaban J connectivity index is 2.19. The molecular formula is C12H12Cl2N2OS. The molecule has 0 aliphatic heterocycles. The first-order valence-corrected chi connectivity index (χ1v) is 6.92. The lowest BCUT2D eigenvalue weighted by molar-refractivity contribution is 0.211. The molecule has 0 saturated heterocycles. The summed E-state index contributed by atoms with van der Waals surface area (Å²) in [6.07, 6.45) is 1.77. The van der Waals surface area contributed by atoms with Gasteiger partial charge in [-0.05, 0) is 12.1 Å². The minimum atomic E-state index is 0.634. The van der Waals surface area contributed by atoms with Crippen molar-refractivity contribution >= 4 is 39.7 Å². The van der Waals surface area contributed by atoms with E-state index < -0.39 is 0 Å². The van der Waals surface area contributed by atoms with E-state index in [1.807, 2.05) is 18.2 Å². The third-order valence-corrected chi connectivity index (χ3v) is 3.90. The predicted octanol–water partition coefficient (Wildman–Crippen LogP) is 4.18. The second-order valence-corrected chi connectivity index (χ2v) is 5.39. The lowest BCUT2D eigenvalue weighted by Gasteiger charge is -2.03. The summed E-state index contributed by atoms with van der Waals surface area (Å²) in [6.45, 7) is 1.36. The zero-order valence-corrected chi connectivity index (χ0v) is 12.1. The SMILES string of the molecule is COCCNc1ncc(-c2c(Cl)cccc2Cl)s1. The van der Waals surface area contributed by atoms with Crippen LogP contribution in [0.1, 0.15) is 0 Å². The van der Waals surface area contributed by atoms with Crippen LogP contribution in [-0.2, 0) is 4.74 Å². The van der Waals surface area contributed by atoms with E-state index in [2.05, 4.69) is 10.3 Å². The number of hydrogen-bond donors (Lipinski definition) is 1. The molecule has 1 heterocycles. The van der Waals surface area contributed by atoms with E-state index in [1.165, 1.54) is 11.3 Å². The number of ether oxygens (including phenoxy) is 1. The van der Waals surface area contributed by atoms with Crippen LogP contribution < -0.4 is 5.32 Å².